The van der Waals surface area contributed by atoms with Gasteiger partial charge < -0.3 is 14.8 Å². The fourth-order valence-corrected chi connectivity index (χ4v) is 3.86. The summed E-state index contributed by atoms with van der Waals surface area (Å²) in [6.07, 6.45) is 1.15. The number of methoxy groups -OCH3 is 2. The molecular formula is C20H25BrN2O2. The predicted octanol–water partition coefficient (Wildman–Crippen LogP) is 3.85. The number of halogens is 1. The maximum absolute atomic E-state index is 5.53. The van der Waals surface area contributed by atoms with Gasteiger partial charge in [-0.15, -0.1) is 0 Å². The Hall–Kier alpha value is -1.56. The van der Waals surface area contributed by atoms with Crippen LogP contribution in [0.15, 0.2) is 46.9 Å². The molecule has 0 bridgehead atoms. The molecular weight excluding hydrogens is 380 g/mol. The van der Waals surface area contributed by atoms with Crippen molar-refractivity contribution >= 4 is 15.9 Å². The third-order valence-corrected chi connectivity index (χ3v) is 5.12. The van der Waals surface area contributed by atoms with E-state index in [-0.39, 0.29) is 6.04 Å². The van der Waals surface area contributed by atoms with Crippen LogP contribution >= 0.6 is 15.9 Å². The summed E-state index contributed by atoms with van der Waals surface area (Å²) in [7, 11) is 3.36. The molecule has 4 nitrogen and oxygen atoms in total. The minimum atomic E-state index is 0.192. The first-order chi connectivity index (χ1) is 12.2. The number of ether oxygens (including phenoxy) is 2. The van der Waals surface area contributed by atoms with Crippen molar-refractivity contribution in [3.8, 4) is 11.5 Å². The Morgan fingerprint density at radius 1 is 0.960 bits per heavy atom. The van der Waals surface area contributed by atoms with Crippen LogP contribution in [0.5, 0.6) is 11.5 Å². The fraction of sp³-hybridized carbons (Fsp3) is 0.400. The molecule has 0 spiro atoms. The highest BCUT2D eigenvalue weighted by Gasteiger charge is 2.24. The first-order valence-corrected chi connectivity index (χ1v) is 9.44. The summed E-state index contributed by atoms with van der Waals surface area (Å²) in [5.74, 6) is 1.53. The second kappa shape index (κ2) is 8.70. The smallest absolute Gasteiger partial charge is 0.161 e. The van der Waals surface area contributed by atoms with Crippen LogP contribution in [-0.2, 0) is 0 Å². The van der Waals surface area contributed by atoms with Gasteiger partial charge in [-0.1, -0.05) is 34.1 Å². The van der Waals surface area contributed by atoms with Crippen LogP contribution in [0, 0.1) is 0 Å². The minimum absolute atomic E-state index is 0.192. The van der Waals surface area contributed by atoms with Gasteiger partial charge in [-0.25, -0.2) is 0 Å². The third kappa shape index (κ3) is 4.35. The van der Waals surface area contributed by atoms with Crippen molar-refractivity contribution in [3.63, 3.8) is 0 Å². The number of hydrogen-bond acceptors (Lipinski definition) is 4. The van der Waals surface area contributed by atoms with Crippen LogP contribution in [0.2, 0.25) is 0 Å². The lowest BCUT2D eigenvalue weighted by molar-refractivity contribution is 0.240. The maximum Gasteiger partial charge on any atom is 0.161 e. The van der Waals surface area contributed by atoms with Gasteiger partial charge >= 0.3 is 0 Å². The first-order valence-electron chi connectivity index (χ1n) is 8.65. The van der Waals surface area contributed by atoms with Crippen molar-refractivity contribution in [2.45, 2.75) is 12.5 Å². The summed E-state index contributed by atoms with van der Waals surface area (Å²) in [4.78, 5) is 2.54. The lowest BCUT2D eigenvalue weighted by Gasteiger charge is -2.31. The molecule has 5 heteroatoms. The Morgan fingerprint density at radius 3 is 2.52 bits per heavy atom. The minimum Gasteiger partial charge on any atom is -0.493 e. The molecule has 25 heavy (non-hydrogen) atoms. The van der Waals surface area contributed by atoms with Crippen LogP contribution in [-0.4, -0.2) is 45.3 Å². The second-order valence-electron chi connectivity index (χ2n) is 6.21. The number of benzene rings is 2. The Labute approximate surface area is 158 Å². The van der Waals surface area contributed by atoms with Crippen LogP contribution < -0.4 is 14.8 Å². The van der Waals surface area contributed by atoms with Gasteiger partial charge in [-0.2, -0.15) is 0 Å². The molecule has 0 aliphatic carbocycles. The van der Waals surface area contributed by atoms with Crippen molar-refractivity contribution in [1.29, 1.82) is 0 Å². The topological polar surface area (TPSA) is 33.7 Å². The molecule has 2 aromatic carbocycles. The Kier molecular flexibility index (Phi) is 6.34. The molecule has 1 heterocycles. The molecule has 0 radical (unpaired) electrons. The van der Waals surface area contributed by atoms with Gasteiger partial charge in [-0.05, 0) is 48.4 Å². The van der Waals surface area contributed by atoms with Gasteiger partial charge in [0.1, 0.15) is 0 Å². The maximum atomic E-state index is 5.53. The fourth-order valence-electron chi connectivity index (χ4n) is 3.44. The van der Waals surface area contributed by atoms with E-state index in [2.05, 4.69) is 62.5 Å². The van der Waals surface area contributed by atoms with Gasteiger partial charge in [0.05, 0.1) is 20.3 Å². The second-order valence-corrected chi connectivity index (χ2v) is 7.13. The number of rotatable bonds is 5. The predicted molar refractivity (Wildman–Crippen MR) is 105 cm³/mol. The van der Waals surface area contributed by atoms with E-state index in [0.29, 0.717) is 0 Å². The zero-order valence-electron chi connectivity index (χ0n) is 14.8. The molecule has 134 valence electrons. The highest BCUT2D eigenvalue weighted by Crippen LogP contribution is 2.36. The van der Waals surface area contributed by atoms with Crippen LogP contribution in [0.1, 0.15) is 23.6 Å². The normalized spacial score (nSPS) is 16.9. The van der Waals surface area contributed by atoms with E-state index in [0.717, 1.165) is 48.6 Å². The van der Waals surface area contributed by atoms with E-state index in [1.54, 1.807) is 14.2 Å². The average Bonchev–Trinajstić information content (AvgIpc) is 2.91. The lowest BCUT2D eigenvalue weighted by Crippen LogP contribution is -2.33. The molecule has 2 aromatic rings. The highest BCUT2D eigenvalue weighted by atomic mass is 79.9. The summed E-state index contributed by atoms with van der Waals surface area (Å²) >= 11 is 3.62. The molecule has 1 aliphatic heterocycles. The van der Waals surface area contributed by atoms with Crippen molar-refractivity contribution in [2.75, 3.05) is 40.4 Å². The van der Waals surface area contributed by atoms with E-state index in [9.17, 15) is 0 Å². The zero-order valence-corrected chi connectivity index (χ0v) is 16.4. The molecule has 1 atom stereocenters. The van der Waals surface area contributed by atoms with Crippen LogP contribution in [0.25, 0.3) is 0 Å². The Morgan fingerprint density at radius 2 is 1.76 bits per heavy atom. The largest absolute Gasteiger partial charge is 0.493 e. The summed E-state index contributed by atoms with van der Waals surface area (Å²) in [6, 6.07) is 15.0. The molecule has 0 aromatic heterocycles. The van der Waals surface area contributed by atoms with Crippen molar-refractivity contribution in [2.24, 2.45) is 0 Å². The quantitative estimate of drug-likeness (QED) is 0.820. The van der Waals surface area contributed by atoms with Crippen molar-refractivity contribution in [3.05, 3.63) is 58.1 Å². The summed E-state index contributed by atoms with van der Waals surface area (Å²) < 4.78 is 12.0. The summed E-state index contributed by atoms with van der Waals surface area (Å²) in [6.45, 7) is 4.18. The summed E-state index contributed by atoms with van der Waals surface area (Å²) in [5.41, 5.74) is 2.50. The van der Waals surface area contributed by atoms with Crippen molar-refractivity contribution < 1.29 is 9.47 Å². The van der Waals surface area contributed by atoms with Gasteiger partial charge in [0.2, 0.25) is 0 Å². The van der Waals surface area contributed by atoms with E-state index < -0.39 is 0 Å². The Bertz CT molecular complexity index is 700. The molecule has 0 saturated carbocycles. The molecule has 0 amide bonds. The monoisotopic (exact) mass is 404 g/mol. The van der Waals surface area contributed by atoms with Crippen LogP contribution in [0.3, 0.4) is 0 Å². The molecule has 3 rings (SSSR count). The summed E-state index contributed by atoms with van der Waals surface area (Å²) in [5, 5.41) is 3.49. The van der Waals surface area contributed by atoms with E-state index in [1.807, 2.05) is 6.07 Å². The number of nitrogens with zero attached hydrogens (tertiary/aromatic N) is 1. The Balaban J connectivity index is 2.04. The first kappa shape index (κ1) is 18.2. The van der Waals surface area contributed by atoms with Gasteiger partial charge in [-0.3, -0.25) is 4.90 Å². The highest BCUT2D eigenvalue weighted by molar-refractivity contribution is 9.10. The number of hydrogen-bond donors (Lipinski definition) is 1. The SMILES string of the molecule is COc1ccc(C(c2cccc(Br)c2)N2CCCNCC2)cc1OC. The van der Waals surface area contributed by atoms with Gasteiger partial charge in [0.25, 0.3) is 0 Å². The van der Waals surface area contributed by atoms with E-state index in [1.165, 1.54) is 11.1 Å². The molecule has 1 unspecified atom stereocenters. The molecule has 1 fully saturated rings. The number of nitrogens with one attached hydrogen (secondary N) is 1. The standard InChI is InChI=1S/C20H25BrN2O2/c1-24-18-8-7-16(14-19(18)25-2)20(15-5-3-6-17(21)13-15)23-11-4-9-22-10-12-23/h3,5-8,13-14,20,22H,4,9-12H2,1-2H3. The molecule has 1 aliphatic rings. The van der Waals surface area contributed by atoms with E-state index >= 15 is 0 Å². The zero-order chi connectivity index (χ0) is 17.6. The van der Waals surface area contributed by atoms with Crippen LogP contribution in [0.4, 0.5) is 0 Å². The molecule has 1 saturated heterocycles. The third-order valence-electron chi connectivity index (χ3n) is 4.63. The van der Waals surface area contributed by atoms with Gasteiger partial charge in [0.15, 0.2) is 11.5 Å². The van der Waals surface area contributed by atoms with Gasteiger partial charge in [0, 0.05) is 24.1 Å². The lowest BCUT2D eigenvalue weighted by atomic mass is 9.96. The van der Waals surface area contributed by atoms with Crippen molar-refractivity contribution in [1.82, 2.24) is 10.2 Å². The van der Waals surface area contributed by atoms with E-state index in [4.69, 9.17) is 9.47 Å². The average molecular weight is 405 g/mol. The molecule has 1 N–H and O–H groups in total.